The summed E-state index contributed by atoms with van der Waals surface area (Å²) in [6, 6.07) is 16.9. The first-order valence-electron chi connectivity index (χ1n) is 9.78. The third-order valence-corrected chi connectivity index (χ3v) is 5.37. The molecule has 1 saturated heterocycles. The molecule has 1 aliphatic heterocycles. The maximum absolute atomic E-state index is 12.6. The summed E-state index contributed by atoms with van der Waals surface area (Å²) in [5.41, 5.74) is 1.42. The lowest BCUT2D eigenvalue weighted by molar-refractivity contribution is -0.127. The number of hydrogen-bond donors (Lipinski definition) is 0. The average Bonchev–Trinajstić information content (AvgIpc) is 3.21. The third-order valence-electron chi connectivity index (χ3n) is 5.37. The minimum Gasteiger partial charge on any atom is -0.493 e. The van der Waals surface area contributed by atoms with Crippen LogP contribution in [0.4, 0.5) is 0 Å². The lowest BCUT2D eigenvalue weighted by Gasteiger charge is -2.30. The minimum atomic E-state index is -0.0666. The van der Waals surface area contributed by atoms with Crippen molar-refractivity contribution in [3.05, 3.63) is 72.0 Å². The second kappa shape index (κ2) is 8.35. The number of nitrogens with zero attached hydrogens (tertiary/aromatic N) is 1. The van der Waals surface area contributed by atoms with Gasteiger partial charge in [-0.05, 0) is 31.1 Å². The number of benzene rings is 2. The number of amides is 1. The molecule has 0 N–H and O–H groups in total. The molecule has 2 heterocycles. The fourth-order valence-corrected chi connectivity index (χ4v) is 3.76. The third kappa shape index (κ3) is 4.09. The Bertz CT molecular complexity index is 1040. The smallest absolute Gasteiger partial charge is 0.246 e. The topological polar surface area (TPSA) is 59.8 Å². The van der Waals surface area contributed by atoms with E-state index in [0.717, 1.165) is 10.9 Å². The van der Waals surface area contributed by atoms with Gasteiger partial charge in [0.25, 0.3) is 0 Å². The first-order chi connectivity index (χ1) is 14.2. The quantitative estimate of drug-likeness (QED) is 0.474. The van der Waals surface area contributed by atoms with E-state index in [0.29, 0.717) is 43.0 Å². The van der Waals surface area contributed by atoms with Crippen LogP contribution in [0.1, 0.15) is 29.0 Å². The summed E-state index contributed by atoms with van der Waals surface area (Å²) in [6.45, 7) is 1.17. The number of carbonyl (C=O) groups is 2. The van der Waals surface area contributed by atoms with Crippen molar-refractivity contribution in [2.45, 2.75) is 12.8 Å². The molecule has 0 spiro atoms. The Balaban J connectivity index is 1.37. The number of piperidine rings is 1. The number of hydrogen-bond acceptors (Lipinski definition) is 4. The largest absolute Gasteiger partial charge is 0.493 e. The second-order valence-electron chi connectivity index (χ2n) is 7.19. The van der Waals surface area contributed by atoms with Gasteiger partial charge in [-0.2, -0.15) is 0 Å². The molecule has 29 heavy (non-hydrogen) atoms. The lowest BCUT2D eigenvalue weighted by Crippen LogP contribution is -2.39. The molecule has 0 unspecified atom stereocenters. The fourth-order valence-electron chi connectivity index (χ4n) is 3.76. The van der Waals surface area contributed by atoms with E-state index < -0.39 is 0 Å². The van der Waals surface area contributed by atoms with Crippen molar-refractivity contribution in [3.8, 4) is 5.75 Å². The first-order valence-corrected chi connectivity index (χ1v) is 9.78. The van der Waals surface area contributed by atoms with E-state index >= 15 is 0 Å². The molecule has 0 bridgehead atoms. The number of rotatable bonds is 5. The van der Waals surface area contributed by atoms with Crippen LogP contribution >= 0.6 is 0 Å². The van der Waals surface area contributed by atoms with E-state index in [1.54, 1.807) is 18.1 Å². The number of carbonyl (C=O) groups excluding carboxylic acids is 2. The Morgan fingerprint density at radius 1 is 1.07 bits per heavy atom. The zero-order valence-electron chi connectivity index (χ0n) is 16.3. The van der Waals surface area contributed by atoms with E-state index in [1.165, 1.54) is 6.08 Å². The van der Waals surface area contributed by atoms with Crippen LogP contribution in [-0.4, -0.2) is 36.8 Å². The molecule has 5 heteroatoms. The number of ether oxygens (including phenoxy) is 1. The molecule has 0 atom stereocenters. The monoisotopic (exact) mass is 389 g/mol. The molecule has 1 aromatic heterocycles. The molecule has 0 radical (unpaired) electrons. The van der Waals surface area contributed by atoms with Gasteiger partial charge in [0.05, 0.1) is 7.11 Å². The SMILES string of the molecule is COc1cccc2cc(/C=C/C(=O)N3CCC(C(=O)c4ccccc4)CC3)oc12. The Labute approximate surface area is 169 Å². The van der Waals surface area contributed by atoms with Crippen LogP contribution < -0.4 is 4.74 Å². The maximum atomic E-state index is 12.6. The number of ketones is 1. The van der Waals surface area contributed by atoms with Crippen LogP contribution in [0.3, 0.4) is 0 Å². The predicted octanol–water partition coefficient (Wildman–Crippen LogP) is 4.58. The highest BCUT2D eigenvalue weighted by Crippen LogP contribution is 2.29. The van der Waals surface area contributed by atoms with Crippen molar-refractivity contribution < 1.29 is 18.7 Å². The average molecular weight is 389 g/mol. The number of likely N-dealkylation sites (tertiary alicyclic amines) is 1. The van der Waals surface area contributed by atoms with E-state index in [2.05, 4.69) is 0 Å². The highest BCUT2D eigenvalue weighted by atomic mass is 16.5. The highest BCUT2D eigenvalue weighted by Gasteiger charge is 2.27. The molecule has 0 saturated carbocycles. The summed E-state index contributed by atoms with van der Waals surface area (Å²) >= 11 is 0. The summed E-state index contributed by atoms with van der Waals surface area (Å²) < 4.78 is 11.1. The molecule has 2 aromatic carbocycles. The zero-order chi connectivity index (χ0) is 20.2. The van der Waals surface area contributed by atoms with Gasteiger partial charge in [0.15, 0.2) is 17.1 Å². The minimum absolute atomic E-state index is 0.0201. The lowest BCUT2D eigenvalue weighted by atomic mass is 9.89. The van der Waals surface area contributed by atoms with Crippen molar-refractivity contribution in [1.82, 2.24) is 4.90 Å². The summed E-state index contributed by atoms with van der Waals surface area (Å²) in [5, 5.41) is 0.927. The van der Waals surface area contributed by atoms with E-state index in [-0.39, 0.29) is 17.6 Å². The maximum Gasteiger partial charge on any atom is 0.246 e. The Morgan fingerprint density at radius 3 is 2.55 bits per heavy atom. The molecule has 1 amide bonds. The number of furan rings is 1. The van der Waals surface area contributed by atoms with Crippen molar-refractivity contribution in [2.24, 2.45) is 5.92 Å². The van der Waals surface area contributed by atoms with Crippen LogP contribution in [0.2, 0.25) is 0 Å². The second-order valence-corrected chi connectivity index (χ2v) is 7.19. The van der Waals surface area contributed by atoms with Crippen LogP contribution in [0, 0.1) is 5.92 Å². The summed E-state index contributed by atoms with van der Waals surface area (Å²) in [6.07, 6.45) is 4.59. The molecule has 1 aliphatic rings. The van der Waals surface area contributed by atoms with Crippen molar-refractivity contribution in [1.29, 1.82) is 0 Å². The van der Waals surface area contributed by atoms with E-state index in [9.17, 15) is 9.59 Å². The van der Waals surface area contributed by atoms with E-state index in [4.69, 9.17) is 9.15 Å². The van der Waals surface area contributed by atoms with Gasteiger partial charge in [-0.3, -0.25) is 9.59 Å². The van der Waals surface area contributed by atoms with Crippen molar-refractivity contribution in [2.75, 3.05) is 20.2 Å². The zero-order valence-corrected chi connectivity index (χ0v) is 16.3. The van der Waals surface area contributed by atoms with Gasteiger partial charge in [-0.1, -0.05) is 42.5 Å². The number of para-hydroxylation sites is 1. The molecule has 5 nitrogen and oxygen atoms in total. The van der Waals surface area contributed by atoms with Crippen LogP contribution in [0.25, 0.3) is 17.0 Å². The molecule has 148 valence electrons. The Hall–Kier alpha value is -3.34. The first kappa shape index (κ1) is 19.0. The van der Waals surface area contributed by atoms with Gasteiger partial charge in [0.1, 0.15) is 5.76 Å². The standard InChI is InChI=1S/C24H23NO4/c1-28-21-9-5-8-19-16-20(29-24(19)21)10-11-22(26)25-14-12-18(13-15-25)23(27)17-6-3-2-4-7-17/h2-11,16,18H,12-15H2,1H3/b11-10+. The molecular formula is C24H23NO4. The number of Topliss-reactive ketones (excluding diaryl/α,β-unsaturated/α-hetero) is 1. The fraction of sp³-hybridized carbons (Fsp3) is 0.250. The summed E-state index contributed by atoms with van der Waals surface area (Å²) in [5.74, 6) is 1.35. The van der Waals surface area contributed by atoms with Crippen LogP contribution in [0.15, 0.2) is 65.1 Å². The summed E-state index contributed by atoms with van der Waals surface area (Å²) in [7, 11) is 1.60. The van der Waals surface area contributed by atoms with Gasteiger partial charge in [0, 0.05) is 36.0 Å². The van der Waals surface area contributed by atoms with E-state index in [1.807, 2.05) is 54.6 Å². The molecular weight excluding hydrogens is 366 g/mol. The van der Waals surface area contributed by atoms with Gasteiger partial charge in [0.2, 0.25) is 5.91 Å². The van der Waals surface area contributed by atoms with Gasteiger partial charge in [-0.15, -0.1) is 0 Å². The normalized spacial score (nSPS) is 15.1. The summed E-state index contributed by atoms with van der Waals surface area (Å²) in [4.78, 5) is 26.9. The Kier molecular flexibility index (Phi) is 5.47. The highest BCUT2D eigenvalue weighted by molar-refractivity contribution is 5.98. The van der Waals surface area contributed by atoms with Gasteiger partial charge >= 0.3 is 0 Å². The predicted molar refractivity (Wildman–Crippen MR) is 112 cm³/mol. The number of methoxy groups -OCH3 is 1. The van der Waals surface area contributed by atoms with Crippen molar-refractivity contribution in [3.63, 3.8) is 0 Å². The van der Waals surface area contributed by atoms with Crippen LogP contribution in [0.5, 0.6) is 5.75 Å². The van der Waals surface area contributed by atoms with Gasteiger partial charge < -0.3 is 14.1 Å². The Morgan fingerprint density at radius 2 is 1.83 bits per heavy atom. The molecule has 3 aromatic rings. The molecule has 4 rings (SSSR count). The number of fused-ring (bicyclic) bond motifs is 1. The van der Waals surface area contributed by atoms with Crippen LogP contribution in [-0.2, 0) is 4.79 Å². The van der Waals surface area contributed by atoms with Gasteiger partial charge in [-0.25, -0.2) is 0 Å². The molecule has 1 fully saturated rings. The van der Waals surface area contributed by atoms with Crippen molar-refractivity contribution >= 4 is 28.7 Å². The molecule has 0 aliphatic carbocycles.